The number of terminal acetylenes is 1. The molecule has 1 rings (SSSR count). The molecule has 0 radical (unpaired) electrons. The van der Waals surface area contributed by atoms with Crippen LogP contribution in [0.2, 0.25) is 0 Å². The second-order valence-electron chi connectivity index (χ2n) is 5.45. The molecular weight excluding hydrogens is 382 g/mol. The first-order valence-corrected chi connectivity index (χ1v) is 8.49. The van der Waals surface area contributed by atoms with Gasteiger partial charge in [-0.1, -0.05) is 0 Å². The number of amides is 1. The number of carbonyl (C=O) groups excluding carboxylic acids is 2. The van der Waals surface area contributed by atoms with Gasteiger partial charge in [-0.2, -0.15) is 5.26 Å². The Hall–Kier alpha value is -4.05. The van der Waals surface area contributed by atoms with E-state index in [2.05, 4.69) is 10.7 Å². The Morgan fingerprint density at radius 2 is 2.03 bits per heavy atom. The van der Waals surface area contributed by atoms with Crippen LogP contribution in [0.4, 0.5) is 10.5 Å². The molecule has 0 aromatic heterocycles. The van der Waals surface area contributed by atoms with E-state index >= 15 is 0 Å². The summed E-state index contributed by atoms with van der Waals surface area (Å²) in [7, 11) is 0. The SMILES string of the molecule is C#CCCOC(=O)Oc1cc(C=C(C#N)C(=O)N(CC)CC)cc([N+](=O)[O-])c1O. The average molecular weight is 401 g/mol. The number of benzene rings is 1. The van der Waals surface area contributed by atoms with Crippen LogP contribution in [0.25, 0.3) is 6.08 Å². The molecule has 0 saturated heterocycles. The number of phenolic OH excluding ortho intramolecular Hbond substituents is 1. The van der Waals surface area contributed by atoms with Crippen molar-refractivity contribution in [2.75, 3.05) is 19.7 Å². The van der Waals surface area contributed by atoms with E-state index in [0.29, 0.717) is 13.1 Å². The van der Waals surface area contributed by atoms with E-state index in [1.165, 1.54) is 4.90 Å². The summed E-state index contributed by atoms with van der Waals surface area (Å²) in [4.78, 5) is 35.7. The molecule has 152 valence electrons. The predicted octanol–water partition coefficient (Wildman–Crippen LogP) is 2.61. The quantitative estimate of drug-likeness (QED) is 0.102. The van der Waals surface area contributed by atoms with Crippen molar-refractivity contribution in [3.8, 4) is 29.9 Å². The maximum atomic E-state index is 12.4. The number of nitrogens with zero attached hydrogens (tertiary/aromatic N) is 3. The van der Waals surface area contributed by atoms with E-state index in [1.54, 1.807) is 19.9 Å². The Morgan fingerprint density at radius 1 is 1.38 bits per heavy atom. The fourth-order valence-corrected chi connectivity index (χ4v) is 2.22. The van der Waals surface area contributed by atoms with Gasteiger partial charge in [-0.3, -0.25) is 14.9 Å². The van der Waals surface area contributed by atoms with Crippen LogP contribution in [-0.2, 0) is 9.53 Å². The van der Waals surface area contributed by atoms with Crippen molar-refractivity contribution in [1.82, 2.24) is 4.90 Å². The highest BCUT2D eigenvalue weighted by atomic mass is 16.7. The van der Waals surface area contributed by atoms with Gasteiger partial charge in [0, 0.05) is 25.6 Å². The minimum absolute atomic E-state index is 0.00187. The standard InChI is InChI=1S/C19H19N3O7/c1-4-7-8-28-19(25)29-16-11-13(10-15(17(16)23)22(26)27)9-14(12-20)18(24)21(5-2)6-3/h1,9-11,23H,5-8H2,2-3H3. The van der Waals surface area contributed by atoms with Crippen LogP contribution in [0.3, 0.4) is 0 Å². The number of hydrogen-bond acceptors (Lipinski definition) is 8. The number of nitro benzene ring substituents is 1. The zero-order valence-corrected chi connectivity index (χ0v) is 15.9. The monoisotopic (exact) mass is 401 g/mol. The second-order valence-corrected chi connectivity index (χ2v) is 5.45. The minimum atomic E-state index is -1.23. The van der Waals surface area contributed by atoms with E-state index in [0.717, 1.165) is 18.2 Å². The Morgan fingerprint density at radius 3 is 2.55 bits per heavy atom. The summed E-state index contributed by atoms with van der Waals surface area (Å²) in [6, 6.07) is 3.75. The van der Waals surface area contributed by atoms with Gasteiger partial charge in [-0.05, 0) is 31.6 Å². The van der Waals surface area contributed by atoms with Crippen molar-refractivity contribution >= 4 is 23.8 Å². The van der Waals surface area contributed by atoms with Gasteiger partial charge in [-0.15, -0.1) is 12.3 Å². The van der Waals surface area contributed by atoms with Crippen molar-refractivity contribution in [2.45, 2.75) is 20.3 Å². The number of rotatable bonds is 8. The number of nitro groups is 1. The van der Waals surface area contributed by atoms with E-state index < -0.39 is 34.2 Å². The third-order valence-electron chi connectivity index (χ3n) is 3.65. The first kappa shape index (κ1) is 23.0. The van der Waals surface area contributed by atoms with E-state index in [9.17, 15) is 30.1 Å². The number of nitriles is 1. The van der Waals surface area contributed by atoms with Crippen LogP contribution in [0.15, 0.2) is 17.7 Å². The molecule has 0 bridgehead atoms. The van der Waals surface area contributed by atoms with Crippen LogP contribution >= 0.6 is 0 Å². The third-order valence-corrected chi connectivity index (χ3v) is 3.65. The number of carbonyl (C=O) groups is 2. The molecule has 0 heterocycles. The third kappa shape index (κ3) is 6.26. The zero-order valence-electron chi connectivity index (χ0n) is 15.9. The number of phenols is 1. The number of hydrogen-bond donors (Lipinski definition) is 1. The van der Waals surface area contributed by atoms with E-state index in [4.69, 9.17) is 11.2 Å². The van der Waals surface area contributed by atoms with Crippen LogP contribution in [0.5, 0.6) is 11.5 Å². The van der Waals surface area contributed by atoms with Crippen LogP contribution in [-0.4, -0.2) is 46.7 Å². The summed E-state index contributed by atoms with van der Waals surface area (Å²) >= 11 is 0. The molecule has 0 fully saturated rings. The van der Waals surface area contributed by atoms with Gasteiger partial charge in [0.15, 0.2) is 5.75 Å². The first-order valence-electron chi connectivity index (χ1n) is 8.49. The Kier molecular flexibility index (Phi) is 8.68. The molecule has 0 atom stereocenters. The number of ether oxygens (including phenoxy) is 2. The minimum Gasteiger partial charge on any atom is -0.499 e. The van der Waals surface area contributed by atoms with Crippen molar-refractivity contribution in [3.63, 3.8) is 0 Å². The summed E-state index contributed by atoms with van der Waals surface area (Å²) in [5.74, 6) is 0.204. The molecule has 10 nitrogen and oxygen atoms in total. The summed E-state index contributed by atoms with van der Waals surface area (Å²) < 4.78 is 9.47. The van der Waals surface area contributed by atoms with Gasteiger partial charge in [0.2, 0.25) is 5.75 Å². The Balaban J connectivity index is 3.34. The van der Waals surface area contributed by atoms with Gasteiger partial charge in [0.25, 0.3) is 5.91 Å². The van der Waals surface area contributed by atoms with Crippen molar-refractivity contribution < 1.29 is 29.1 Å². The Labute approximate surface area is 167 Å². The fourth-order valence-electron chi connectivity index (χ4n) is 2.22. The van der Waals surface area contributed by atoms with Gasteiger partial charge in [0.05, 0.1) is 4.92 Å². The molecule has 1 aromatic carbocycles. The second kappa shape index (κ2) is 10.9. The lowest BCUT2D eigenvalue weighted by molar-refractivity contribution is -0.385. The zero-order chi connectivity index (χ0) is 22.0. The highest BCUT2D eigenvalue weighted by molar-refractivity contribution is 6.01. The highest BCUT2D eigenvalue weighted by Crippen LogP contribution is 2.38. The molecule has 1 N–H and O–H groups in total. The largest absolute Gasteiger partial charge is 0.514 e. The highest BCUT2D eigenvalue weighted by Gasteiger charge is 2.23. The summed E-state index contributed by atoms with van der Waals surface area (Å²) in [5, 5.41) is 30.5. The smallest absolute Gasteiger partial charge is 0.499 e. The fraction of sp³-hybridized carbons (Fsp3) is 0.316. The molecule has 10 heteroatoms. The van der Waals surface area contributed by atoms with Crippen LogP contribution in [0, 0.1) is 33.8 Å². The molecule has 1 amide bonds. The summed E-state index contributed by atoms with van der Waals surface area (Å²) in [6.45, 7) is 4.05. The first-order chi connectivity index (χ1) is 13.8. The molecule has 0 unspecified atom stereocenters. The maximum Gasteiger partial charge on any atom is 0.514 e. The Bertz CT molecular complexity index is 906. The van der Waals surface area contributed by atoms with Crippen LogP contribution < -0.4 is 4.74 Å². The molecule has 0 aliphatic heterocycles. The predicted molar refractivity (Wildman–Crippen MR) is 102 cm³/mol. The van der Waals surface area contributed by atoms with Gasteiger partial charge in [-0.25, -0.2) is 4.79 Å². The molecule has 0 saturated carbocycles. The molecule has 1 aromatic rings. The molecule has 29 heavy (non-hydrogen) atoms. The molecular formula is C19H19N3O7. The van der Waals surface area contributed by atoms with Gasteiger partial charge < -0.3 is 19.5 Å². The number of aromatic hydroxyl groups is 1. The summed E-state index contributed by atoms with van der Waals surface area (Å²) in [6.07, 6.45) is 5.03. The van der Waals surface area contributed by atoms with Crippen molar-refractivity contribution in [1.29, 1.82) is 5.26 Å². The van der Waals surface area contributed by atoms with E-state index in [1.807, 2.05) is 0 Å². The maximum absolute atomic E-state index is 12.4. The lowest BCUT2D eigenvalue weighted by Crippen LogP contribution is -2.31. The van der Waals surface area contributed by atoms with Crippen LogP contribution in [0.1, 0.15) is 25.8 Å². The lowest BCUT2D eigenvalue weighted by Gasteiger charge is -2.17. The van der Waals surface area contributed by atoms with Crippen molar-refractivity contribution in [2.24, 2.45) is 0 Å². The summed E-state index contributed by atoms with van der Waals surface area (Å²) in [5.41, 5.74) is -1.06. The van der Waals surface area contributed by atoms with E-state index in [-0.39, 0.29) is 24.2 Å². The molecule has 0 spiro atoms. The van der Waals surface area contributed by atoms with Crippen molar-refractivity contribution in [3.05, 3.63) is 33.4 Å². The van der Waals surface area contributed by atoms with Gasteiger partial charge >= 0.3 is 11.8 Å². The normalized spacial score (nSPS) is 10.4. The number of likely N-dealkylation sites (N-methyl/N-ethyl adjacent to an activating group) is 1. The molecule has 0 aliphatic carbocycles. The topological polar surface area (TPSA) is 143 Å². The lowest BCUT2D eigenvalue weighted by atomic mass is 10.1. The molecule has 0 aliphatic rings. The average Bonchev–Trinajstić information content (AvgIpc) is 2.69. The van der Waals surface area contributed by atoms with Gasteiger partial charge in [0.1, 0.15) is 18.2 Å².